The van der Waals surface area contributed by atoms with Gasteiger partial charge in [-0.2, -0.15) is 10.2 Å². The number of methoxy groups -OCH3 is 1. The van der Waals surface area contributed by atoms with E-state index in [2.05, 4.69) is 76.1 Å². The van der Waals surface area contributed by atoms with E-state index in [1.165, 1.54) is 95.6 Å². The summed E-state index contributed by atoms with van der Waals surface area (Å²) in [7, 11) is 1.55. The summed E-state index contributed by atoms with van der Waals surface area (Å²) in [5.41, 5.74) is 32.7. The highest BCUT2D eigenvalue weighted by Gasteiger charge is 2.34. The number of amides is 1. The van der Waals surface area contributed by atoms with Gasteiger partial charge in [-0.15, -0.1) is 0 Å². The number of H-pyrrole nitrogens is 1. The van der Waals surface area contributed by atoms with Crippen LogP contribution in [0.25, 0.3) is 56.3 Å². The van der Waals surface area contributed by atoms with E-state index in [1.54, 1.807) is 50.6 Å². The number of aromatic amines is 1. The molecule has 10 aromatic rings. The zero-order chi connectivity index (χ0) is 87.2. The Labute approximate surface area is 764 Å². The van der Waals surface area contributed by atoms with E-state index in [9.17, 15) is 9.90 Å². The van der Waals surface area contributed by atoms with Gasteiger partial charge in [-0.05, 0) is 291 Å². The van der Waals surface area contributed by atoms with Crippen LogP contribution in [0.2, 0.25) is 25.1 Å². The van der Waals surface area contributed by atoms with E-state index in [1.807, 2.05) is 25.5 Å². The number of aromatic nitrogens is 17. The van der Waals surface area contributed by atoms with Crippen molar-refractivity contribution in [3.05, 3.63) is 151 Å². The summed E-state index contributed by atoms with van der Waals surface area (Å²) in [5.74, 6) is 10.5. The number of ether oxygens (including phenoxy) is 1. The normalized spacial score (nSPS) is 23.5. The van der Waals surface area contributed by atoms with Gasteiger partial charge in [0, 0.05) is 135 Å². The molecule has 26 nitrogen and oxygen atoms in total. The van der Waals surface area contributed by atoms with Crippen LogP contribution in [0.4, 0.5) is 0 Å². The molecule has 0 bridgehead atoms. The molecule has 20 rings (SSSR count). The maximum absolute atomic E-state index is 11.7. The quantitative estimate of drug-likeness (QED) is 0.0293. The minimum atomic E-state index is -0.134. The molecule has 9 aliphatic carbocycles. The topological polar surface area (TPSA) is 369 Å². The first-order chi connectivity index (χ1) is 61.3. The van der Waals surface area contributed by atoms with Crippen molar-refractivity contribution < 1.29 is 23.7 Å². The third kappa shape index (κ3) is 25.7. The Morgan fingerprint density at radius 2 is 0.897 bits per heavy atom. The van der Waals surface area contributed by atoms with Crippen molar-refractivity contribution in [2.24, 2.45) is 70.5 Å². The summed E-state index contributed by atoms with van der Waals surface area (Å²) in [4.78, 5) is 57.7. The van der Waals surface area contributed by atoms with Gasteiger partial charge in [-0.1, -0.05) is 68.3 Å². The lowest BCUT2D eigenvalue weighted by molar-refractivity contribution is -0.125. The summed E-state index contributed by atoms with van der Waals surface area (Å²) in [5, 5.41) is 35.9. The lowest BCUT2D eigenvalue weighted by atomic mass is 9.83. The van der Waals surface area contributed by atoms with Crippen molar-refractivity contribution in [2.45, 2.75) is 301 Å². The van der Waals surface area contributed by atoms with E-state index < -0.39 is 0 Å². The van der Waals surface area contributed by atoms with E-state index in [0.717, 1.165) is 305 Å². The first-order valence-electron chi connectivity index (χ1n) is 46.7. The lowest BCUT2D eigenvalue weighted by Crippen LogP contribution is -2.39. The van der Waals surface area contributed by atoms with E-state index in [4.69, 9.17) is 109 Å². The molecule has 1 amide bonds. The highest BCUT2D eigenvalue weighted by molar-refractivity contribution is 6.34. The van der Waals surface area contributed by atoms with Gasteiger partial charge in [0.05, 0.1) is 95.1 Å². The number of nitrogens with zero attached hydrogens (tertiary/aromatic N) is 16. The molecular formula is C95H124Cl5N21O5. The first-order valence-corrected chi connectivity index (χ1v) is 48.6. The number of aliphatic hydroxyl groups excluding tert-OH is 1. The van der Waals surface area contributed by atoms with E-state index in [0.29, 0.717) is 72.8 Å². The van der Waals surface area contributed by atoms with Crippen molar-refractivity contribution in [1.82, 2.24) is 90.0 Å². The number of nitrogens with one attached hydrogen (secondary N) is 2. The Morgan fingerprint density at radius 3 is 1.39 bits per heavy atom. The van der Waals surface area contributed by atoms with Gasteiger partial charge in [0.2, 0.25) is 5.91 Å². The third-order valence-corrected chi connectivity index (χ3v) is 28.9. The smallest absolute Gasteiger partial charge is 0.246 e. The lowest BCUT2D eigenvalue weighted by Gasteiger charge is -2.29. The number of pyridine rings is 1. The van der Waals surface area contributed by atoms with Crippen molar-refractivity contribution in [1.29, 1.82) is 0 Å². The third-order valence-electron chi connectivity index (χ3n) is 27.5. The SMILES string of the molecule is COCC(=O)NC1CCC(Cc2cc(-c3cnn4c3CCCC4)c(Cl)cn2)CC1.Cc1ncc(-c2nc(CC3CCC(N)CC3)ncc2Cl)n1CC1CC1.NC1CCC(Cc2ncc(Cl)c(-c3cn[nH]c3CC3CC3)n2)CC1.NC1CCC(Cc2ncc(Cl)c(-c3conc3CC3CC3)n2)CC1.OC1CCC(Cc2ncc(Cl)c(-c3conc3CC3CC3)n2)CC1. The molecule has 31 heteroatoms. The number of fused-ring (bicyclic) bond motifs is 1. The fourth-order valence-corrected chi connectivity index (χ4v) is 20.1. The summed E-state index contributed by atoms with van der Waals surface area (Å²) >= 11 is 32.1. The predicted molar refractivity (Wildman–Crippen MR) is 490 cm³/mol. The van der Waals surface area contributed by atoms with E-state index >= 15 is 0 Å². The van der Waals surface area contributed by atoms with Gasteiger partial charge in [0.25, 0.3) is 0 Å². The van der Waals surface area contributed by atoms with Crippen LogP contribution in [0.1, 0.15) is 250 Å². The number of aliphatic hydroxyl groups is 1. The van der Waals surface area contributed by atoms with Gasteiger partial charge in [-0.25, -0.2) is 44.9 Å². The molecule has 126 heavy (non-hydrogen) atoms. The molecule has 9 saturated carbocycles. The molecule has 10 aromatic heterocycles. The second-order valence-electron chi connectivity index (χ2n) is 37.8. The zero-order valence-corrected chi connectivity index (χ0v) is 76.8. The molecule has 11 heterocycles. The average molecular weight is 1820 g/mol. The Kier molecular flexibility index (Phi) is 31.8. The number of aryl methyl sites for hydroxylation is 2. The fraction of sp³-hybridized carbons (Fsp3) is 0.611. The van der Waals surface area contributed by atoms with Crippen molar-refractivity contribution in [2.75, 3.05) is 13.7 Å². The number of carbonyl (C=O) groups is 1. The van der Waals surface area contributed by atoms with Gasteiger partial charge >= 0.3 is 0 Å². The number of rotatable bonds is 26. The van der Waals surface area contributed by atoms with Crippen LogP contribution in [0.5, 0.6) is 0 Å². The minimum absolute atomic E-state index is 0.0236. The molecule has 0 unspecified atom stereocenters. The second-order valence-corrected chi connectivity index (χ2v) is 39.9. The van der Waals surface area contributed by atoms with Crippen molar-refractivity contribution >= 4 is 63.9 Å². The fourth-order valence-electron chi connectivity index (χ4n) is 19.1. The Balaban J connectivity index is 0.000000116. The monoisotopic (exact) mass is 1810 g/mol. The summed E-state index contributed by atoms with van der Waals surface area (Å²) < 4.78 is 19.7. The molecule has 0 radical (unpaired) electrons. The highest BCUT2D eigenvalue weighted by atomic mass is 35.5. The van der Waals surface area contributed by atoms with Gasteiger partial charge in [0.1, 0.15) is 53.9 Å². The van der Waals surface area contributed by atoms with Crippen LogP contribution in [0.3, 0.4) is 0 Å². The molecule has 9 N–H and O–H groups in total. The van der Waals surface area contributed by atoms with Crippen molar-refractivity contribution in [3.8, 4) is 56.3 Å². The van der Waals surface area contributed by atoms with Gasteiger partial charge < -0.3 is 46.0 Å². The highest BCUT2D eigenvalue weighted by Crippen LogP contribution is 2.43. The number of hydrogen-bond donors (Lipinski definition) is 6. The molecule has 0 spiro atoms. The van der Waals surface area contributed by atoms with Crippen LogP contribution in [0.15, 0.2) is 77.2 Å². The summed E-state index contributed by atoms with van der Waals surface area (Å²) in [6.07, 6.45) is 60.4. The van der Waals surface area contributed by atoms with Crippen molar-refractivity contribution in [3.63, 3.8) is 0 Å². The number of nitrogens with two attached hydrogens (primary N) is 3. The molecule has 0 saturated heterocycles. The molecule has 0 atom stereocenters. The van der Waals surface area contributed by atoms with Gasteiger partial charge in [0.15, 0.2) is 0 Å². The standard InChI is InChI=1S/C22H29ClN4O2.C19H26ClN5.C18H24ClN5.C18H23ClN4O.C18H22ClN3O2/c1-29-14-22(28)26-16-7-5-15(6-8-16)10-17-11-18(20(23)13-24-17)19-12-25-27-9-3-2-4-21(19)27;1-12-22-10-17(25(12)11-14-2-3-14)19-16(20)9-23-18(24-19)8-13-4-6-15(21)7-5-13;19-15-10-21-17(8-12-3-5-13(20)6-4-12)23-18(15)14-9-22-24-16(14)7-11-1-2-11;19-15-9-21-17(8-12-3-5-13(20)6-4-12)22-18(15)14-10-24-23-16(14)7-11-1-2-11;19-15-9-20-17(8-12-3-5-13(23)6-4-12)21-18(15)14-10-24-22-16(14)7-11-1-2-11/h11-13,15-16H,2-10,14H2,1H3,(H,26,28);9-10,13-15H,2-8,11,21H2,1H3;9-13H,1-8,20H2,(H,22,24);9-13H,1-8,20H2;9-13,23H,1-8H2. The Bertz CT molecular complexity index is 4900. The number of halogens is 5. The number of hydrogen-bond acceptors (Lipinski definition) is 22. The first kappa shape index (κ1) is 91.5. The molecule has 9 fully saturated rings. The minimum Gasteiger partial charge on any atom is -0.393 e. The molecule has 0 aromatic carbocycles. The van der Waals surface area contributed by atoms with Crippen LogP contribution < -0.4 is 22.5 Å². The summed E-state index contributed by atoms with van der Waals surface area (Å²) in [6.45, 7) is 4.19. The van der Waals surface area contributed by atoms with Crippen LogP contribution in [-0.4, -0.2) is 140 Å². The Morgan fingerprint density at radius 1 is 0.468 bits per heavy atom. The number of carbonyl (C=O) groups excluding carboxylic acids is 1. The second kappa shape index (κ2) is 43.8. The van der Waals surface area contributed by atoms with Gasteiger partial charge in [-0.3, -0.25) is 19.6 Å². The summed E-state index contributed by atoms with van der Waals surface area (Å²) in [6, 6.07) is 3.53. The van der Waals surface area contributed by atoms with Crippen LogP contribution >= 0.6 is 58.0 Å². The maximum Gasteiger partial charge on any atom is 0.246 e. The van der Waals surface area contributed by atoms with Crippen LogP contribution in [-0.2, 0) is 80.4 Å². The predicted octanol–water partition coefficient (Wildman–Crippen LogP) is 18.7. The average Bonchev–Trinajstić information content (AvgIpc) is 1.61. The molecule has 1 aliphatic heterocycles. The van der Waals surface area contributed by atoms with Crippen LogP contribution in [0, 0.1) is 60.2 Å². The largest absolute Gasteiger partial charge is 0.393 e. The maximum atomic E-state index is 11.7. The van der Waals surface area contributed by atoms with E-state index in [-0.39, 0.29) is 24.7 Å². The number of imidazole rings is 1. The molecule has 10 aliphatic rings. The molecule has 674 valence electrons. The zero-order valence-electron chi connectivity index (χ0n) is 73.0. The molecular weight excluding hydrogens is 1690 g/mol. The Hall–Kier alpha value is -7.76.